The third kappa shape index (κ3) is 3.83. The Morgan fingerprint density at radius 1 is 1.19 bits per heavy atom. The largest absolute Gasteiger partial charge is 0.353 e. The number of hydrogen-bond acceptors (Lipinski definition) is 6. The standard InChI is InChI=1S/C19H20BrN5OS/c1-13(18(26)23-16-5-3-2-4-15(16)20)24-7-9-25(10-8-24)17-14-6-11-27-19(14)22-12-21-17/h2-6,11-13H,7-10H2,1H3,(H,23,26). The lowest BCUT2D eigenvalue weighted by molar-refractivity contribution is -0.120. The minimum atomic E-state index is -0.189. The van der Waals surface area contributed by atoms with Crippen LogP contribution in [0.25, 0.3) is 10.2 Å². The van der Waals surface area contributed by atoms with Crippen LogP contribution in [0.15, 0.2) is 46.5 Å². The van der Waals surface area contributed by atoms with Crippen LogP contribution in [0.4, 0.5) is 11.5 Å². The molecule has 1 N–H and O–H groups in total. The molecule has 1 aliphatic heterocycles. The van der Waals surface area contributed by atoms with Gasteiger partial charge in [-0.1, -0.05) is 12.1 Å². The Morgan fingerprint density at radius 2 is 1.96 bits per heavy atom. The highest BCUT2D eigenvalue weighted by Gasteiger charge is 2.27. The average molecular weight is 446 g/mol. The lowest BCUT2D eigenvalue weighted by Gasteiger charge is -2.38. The molecule has 3 aromatic rings. The molecule has 1 aromatic carbocycles. The van der Waals surface area contributed by atoms with E-state index in [2.05, 4.69) is 47.1 Å². The average Bonchev–Trinajstić information content (AvgIpc) is 3.18. The van der Waals surface area contributed by atoms with E-state index in [0.717, 1.165) is 52.4 Å². The van der Waals surface area contributed by atoms with Gasteiger partial charge in [0.15, 0.2) is 0 Å². The van der Waals surface area contributed by atoms with Gasteiger partial charge in [-0.2, -0.15) is 0 Å². The quantitative estimate of drug-likeness (QED) is 0.664. The molecule has 0 spiro atoms. The van der Waals surface area contributed by atoms with E-state index in [1.807, 2.05) is 36.6 Å². The van der Waals surface area contributed by atoms with E-state index in [4.69, 9.17) is 0 Å². The van der Waals surface area contributed by atoms with E-state index in [1.54, 1.807) is 17.7 Å². The first-order valence-corrected chi connectivity index (χ1v) is 10.5. The molecule has 0 bridgehead atoms. The maximum Gasteiger partial charge on any atom is 0.241 e. The van der Waals surface area contributed by atoms with Gasteiger partial charge in [-0.3, -0.25) is 9.69 Å². The molecule has 0 saturated carbocycles. The maximum atomic E-state index is 12.6. The van der Waals surface area contributed by atoms with Crippen LogP contribution in [0.2, 0.25) is 0 Å². The number of halogens is 1. The lowest BCUT2D eigenvalue weighted by atomic mass is 10.2. The molecule has 8 heteroatoms. The molecule has 6 nitrogen and oxygen atoms in total. The molecule has 4 rings (SSSR count). The number of rotatable bonds is 4. The number of carbonyl (C=O) groups excluding carboxylic acids is 1. The molecule has 1 unspecified atom stereocenters. The van der Waals surface area contributed by atoms with Crippen LogP contribution in [0.3, 0.4) is 0 Å². The number of anilines is 2. The predicted molar refractivity (Wildman–Crippen MR) is 113 cm³/mol. The Labute approximate surface area is 170 Å². The van der Waals surface area contributed by atoms with Gasteiger partial charge in [0.25, 0.3) is 0 Å². The molecule has 1 fully saturated rings. The van der Waals surface area contributed by atoms with Crippen LogP contribution < -0.4 is 10.2 Å². The van der Waals surface area contributed by atoms with Gasteiger partial charge in [0.05, 0.1) is 17.1 Å². The van der Waals surface area contributed by atoms with Gasteiger partial charge in [-0.05, 0) is 46.4 Å². The van der Waals surface area contributed by atoms with Gasteiger partial charge in [-0.25, -0.2) is 9.97 Å². The first kappa shape index (κ1) is 18.3. The number of benzene rings is 1. The molecule has 2 aromatic heterocycles. The number of fused-ring (bicyclic) bond motifs is 1. The van der Waals surface area contributed by atoms with Crippen LogP contribution in [0, 0.1) is 0 Å². The van der Waals surface area contributed by atoms with Crippen molar-refractivity contribution in [3.8, 4) is 0 Å². The number of nitrogens with one attached hydrogen (secondary N) is 1. The molecule has 1 aliphatic rings. The van der Waals surface area contributed by atoms with Crippen molar-refractivity contribution in [2.24, 2.45) is 0 Å². The van der Waals surface area contributed by atoms with Crippen molar-refractivity contribution in [1.29, 1.82) is 0 Å². The number of thiophene rings is 1. The van der Waals surface area contributed by atoms with E-state index in [0.29, 0.717) is 0 Å². The van der Waals surface area contributed by atoms with Gasteiger partial charge >= 0.3 is 0 Å². The zero-order valence-corrected chi connectivity index (χ0v) is 17.3. The Morgan fingerprint density at radius 3 is 2.74 bits per heavy atom. The number of carbonyl (C=O) groups is 1. The van der Waals surface area contributed by atoms with Gasteiger partial charge in [0.1, 0.15) is 17.0 Å². The molecule has 0 radical (unpaired) electrons. The summed E-state index contributed by atoms with van der Waals surface area (Å²) in [5.74, 6) is 1.00. The van der Waals surface area contributed by atoms with E-state index in [1.165, 1.54) is 0 Å². The van der Waals surface area contributed by atoms with Crippen LogP contribution in [-0.2, 0) is 4.79 Å². The van der Waals surface area contributed by atoms with E-state index >= 15 is 0 Å². The van der Waals surface area contributed by atoms with Gasteiger partial charge in [-0.15, -0.1) is 11.3 Å². The number of para-hydroxylation sites is 1. The highest BCUT2D eigenvalue weighted by atomic mass is 79.9. The molecule has 27 heavy (non-hydrogen) atoms. The third-order valence-corrected chi connectivity index (χ3v) is 6.43. The Hall–Kier alpha value is -2.03. The summed E-state index contributed by atoms with van der Waals surface area (Å²) in [7, 11) is 0. The summed E-state index contributed by atoms with van der Waals surface area (Å²) in [6.45, 7) is 5.28. The van der Waals surface area contributed by atoms with Crippen molar-refractivity contribution in [3.63, 3.8) is 0 Å². The summed E-state index contributed by atoms with van der Waals surface area (Å²) < 4.78 is 0.888. The minimum Gasteiger partial charge on any atom is -0.353 e. The molecule has 1 amide bonds. The van der Waals surface area contributed by atoms with Crippen LogP contribution in [0.5, 0.6) is 0 Å². The molecular formula is C19H20BrN5OS. The summed E-state index contributed by atoms with van der Waals surface area (Å²) in [6.07, 6.45) is 1.63. The number of piperazine rings is 1. The van der Waals surface area contributed by atoms with Crippen molar-refractivity contribution < 1.29 is 4.79 Å². The topological polar surface area (TPSA) is 61.4 Å². The van der Waals surface area contributed by atoms with Crippen molar-refractivity contribution in [1.82, 2.24) is 14.9 Å². The summed E-state index contributed by atoms with van der Waals surface area (Å²) >= 11 is 5.11. The Balaban J connectivity index is 1.39. The summed E-state index contributed by atoms with van der Waals surface area (Å²) in [5.41, 5.74) is 0.800. The Kier molecular flexibility index (Phi) is 5.38. The predicted octanol–water partition coefficient (Wildman–Crippen LogP) is 3.60. The number of aromatic nitrogens is 2. The lowest BCUT2D eigenvalue weighted by Crippen LogP contribution is -2.53. The summed E-state index contributed by atoms with van der Waals surface area (Å²) in [4.78, 5) is 27.0. The van der Waals surface area contributed by atoms with Crippen LogP contribution in [-0.4, -0.2) is 53.0 Å². The number of nitrogens with zero attached hydrogens (tertiary/aromatic N) is 4. The maximum absolute atomic E-state index is 12.6. The fourth-order valence-corrected chi connectivity index (χ4v) is 4.43. The van der Waals surface area contributed by atoms with Crippen molar-refractivity contribution in [2.45, 2.75) is 13.0 Å². The monoisotopic (exact) mass is 445 g/mol. The molecule has 3 heterocycles. The number of hydrogen-bond donors (Lipinski definition) is 1. The normalized spacial score (nSPS) is 16.4. The fourth-order valence-electron chi connectivity index (χ4n) is 3.32. The summed E-state index contributed by atoms with van der Waals surface area (Å²) in [6, 6.07) is 9.55. The smallest absolute Gasteiger partial charge is 0.241 e. The second kappa shape index (κ2) is 7.92. The van der Waals surface area contributed by atoms with E-state index < -0.39 is 0 Å². The SMILES string of the molecule is CC(C(=O)Nc1ccccc1Br)N1CCN(c2ncnc3sccc23)CC1. The second-order valence-electron chi connectivity index (χ2n) is 6.50. The van der Waals surface area contributed by atoms with E-state index in [9.17, 15) is 4.79 Å². The van der Waals surface area contributed by atoms with Gasteiger partial charge in [0, 0.05) is 30.7 Å². The second-order valence-corrected chi connectivity index (χ2v) is 8.25. The van der Waals surface area contributed by atoms with Crippen LogP contribution >= 0.6 is 27.3 Å². The van der Waals surface area contributed by atoms with Crippen LogP contribution in [0.1, 0.15) is 6.92 Å². The van der Waals surface area contributed by atoms with Crippen molar-refractivity contribution in [3.05, 3.63) is 46.5 Å². The zero-order chi connectivity index (χ0) is 18.8. The highest BCUT2D eigenvalue weighted by molar-refractivity contribution is 9.10. The molecule has 1 atom stereocenters. The molecule has 1 saturated heterocycles. The van der Waals surface area contributed by atoms with E-state index in [-0.39, 0.29) is 11.9 Å². The van der Waals surface area contributed by atoms with Crippen molar-refractivity contribution in [2.75, 3.05) is 36.4 Å². The fraction of sp³-hybridized carbons (Fsp3) is 0.316. The Bertz CT molecular complexity index is 954. The third-order valence-electron chi connectivity index (χ3n) is 4.91. The first-order valence-electron chi connectivity index (χ1n) is 8.86. The highest BCUT2D eigenvalue weighted by Crippen LogP contribution is 2.27. The van der Waals surface area contributed by atoms with Crippen molar-refractivity contribution >= 4 is 54.9 Å². The number of amides is 1. The summed E-state index contributed by atoms with van der Waals surface area (Å²) in [5, 5.41) is 6.17. The molecular weight excluding hydrogens is 426 g/mol. The first-order chi connectivity index (χ1) is 13.1. The van der Waals surface area contributed by atoms with Gasteiger partial charge in [0.2, 0.25) is 5.91 Å². The molecule has 0 aliphatic carbocycles. The molecule has 140 valence electrons. The van der Waals surface area contributed by atoms with Gasteiger partial charge < -0.3 is 10.2 Å². The minimum absolute atomic E-state index is 0.0117. The zero-order valence-electron chi connectivity index (χ0n) is 14.9.